The first-order chi connectivity index (χ1) is 11.8. The van der Waals surface area contributed by atoms with Crippen molar-refractivity contribution in [3.05, 3.63) is 72.1 Å². The van der Waals surface area contributed by atoms with Crippen molar-refractivity contribution in [1.29, 1.82) is 5.26 Å². The third kappa shape index (κ3) is 3.28. The molecular formula is C19H15N3O2. The van der Waals surface area contributed by atoms with Gasteiger partial charge >= 0.3 is 0 Å². The molecule has 0 spiro atoms. The van der Waals surface area contributed by atoms with Gasteiger partial charge in [-0.2, -0.15) is 5.26 Å². The standard InChI is InChI=1S/C19H15N3O2/c1-23-16-9-7-15(8-10-16)21-12-11-18-17(13-20)19(22-24-18)14-5-3-2-4-6-14/h2-12,21H,1H3. The zero-order chi connectivity index (χ0) is 16.8. The van der Waals surface area contributed by atoms with Gasteiger partial charge in [-0.15, -0.1) is 0 Å². The van der Waals surface area contributed by atoms with Crippen molar-refractivity contribution in [2.24, 2.45) is 0 Å². The Morgan fingerprint density at radius 3 is 2.54 bits per heavy atom. The fourth-order valence-corrected chi connectivity index (χ4v) is 2.22. The predicted octanol–water partition coefficient (Wildman–Crippen LogP) is 4.30. The quantitative estimate of drug-likeness (QED) is 0.759. The molecule has 0 unspecified atom stereocenters. The molecule has 0 amide bonds. The number of aromatic nitrogens is 1. The SMILES string of the molecule is COc1ccc(NC=Cc2onc(-c3ccccc3)c2C#N)cc1. The Bertz CT molecular complexity index is 875. The van der Waals surface area contributed by atoms with Crippen LogP contribution in [-0.4, -0.2) is 12.3 Å². The van der Waals surface area contributed by atoms with Crippen molar-refractivity contribution in [2.45, 2.75) is 0 Å². The van der Waals surface area contributed by atoms with Gasteiger partial charge in [0.2, 0.25) is 0 Å². The van der Waals surface area contributed by atoms with Crippen LogP contribution in [0.1, 0.15) is 11.3 Å². The monoisotopic (exact) mass is 317 g/mol. The van der Waals surface area contributed by atoms with Gasteiger partial charge in [-0.25, -0.2) is 0 Å². The summed E-state index contributed by atoms with van der Waals surface area (Å²) < 4.78 is 10.4. The number of hydrogen-bond acceptors (Lipinski definition) is 5. The number of nitrogens with zero attached hydrogens (tertiary/aromatic N) is 2. The normalized spacial score (nSPS) is 10.5. The largest absolute Gasteiger partial charge is 0.497 e. The molecule has 0 aliphatic carbocycles. The van der Waals surface area contributed by atoms with Gasteiger partial charge in [-0.05, 0) is 24.3 Å². The Labute approximate surface area is 139 Å². The minimum absolute atomic E-state index is 0.411. The molecule has 1 N–H and O–H groups in total. The van der Waals surface area contributed by atoms with E-state index in [0.717, 1.165) is 17.0 Å². The van der Waals surface area contributed by atoms with Gasteiger partial charge < -0.3 is 14.6 Å². The topological polar surface area (TPSA) is 71.1 Å². The molecule has 5 heteroatoms. The average molecular weight is 317 g/mol. The molecular weight excluding hydrogens is 302 g/mol. The maximum Gasteiger partial charge on any atom is 0.179 e. The molecule has 1 aromatic heterocycles. The highest BCUT2D eigenvalue weighted by Gasteiger charge is 2.15. The predicted molar refractivity (Wildman–Crippen MR) is 92.3 cm³/mol. The molecule has 2 aromatic carbocycles. The second-order valence-corrected chi connectivity index (χ2v) is 4.95. The molecule has 0 aliphatic heterocycles. The van der Waals surface area contributed by atoms with Crippen LogP contribution in [0.4, 0.5) is 5.69 Å². The maximum atomic E-state index is 9.41. The third-order valence-corrected chi connectivity index (χ3v) is 3.45. The second-order valence-electron chi connectivity index (χ2n) is 4.95. The first kappa shape index (κ1) is 15.4. The number of ether oxygens (including phenoxy) is 1. The smallest absolute Gasteiger partial charge is 0.179 e. The molecule has 24 heavy (non-hydrogen) atoms. The van der Waals surface area contributed by atoms with E-state index in [0.29, 0.717) is 17.0 Å². The van der Waals surface area contributed by atoms with Gasteiger partial charge in [-0.1, -0.05) is 35.5 Å². The average Bonchev–Trinajstić information content (AvgIpc) is 3.06. The summed E-state index contributed by atoms with van der Waals surface area (Å²) >= 11 is 0. The van der Waals surface area contributed by atoms with E-state index in [2.05, 4.69) is 16.5 Å². The van der Waals surface area contributed by atoms with Gasteiger partial charge in [0.25, 0.3) is 0 Å². The molecule has 0 radical (unpaired) electrons. The highest BCUT2D eigenvalue weighted by Crippen LogP contribution is 2.25. The van der Waals surface area contributed by atoms with Crippen LogP contribution in [0.3, 0.4) is 0 Å². The fraction of sp³-hybridized carbons (Fsp3) is 0.0526. The molecule has 118 valence electrons. The summed E-state index contributed by atoms with van der Waals surface area (Å²) in [6, 6.07) is 19.1. The number of methoxy groups -OCH3 is 1. The van der Waals surface area contributed by atoms with Crippen LogP contribution >= 0.6 is 0 Å². The van der Waals surface area contributed by atoms with E-state index in [1.54, 1.807) is 19.4 Å². The Kier molecular flexibility index (Phi) is 4.59. The van der Waals surface area contributed by atoms with Crippen LogP contribution in [0.15, 0.2) is 65.3 Å². The first-order valence-corrected chi connectivity index (χ1v) is 7.34. The highest BCUT2D eigenvalue weighted by molar-refractivity contribution is 5.71. The molecule has 0 saturated heterocycles. The van der Waals surface area contributed by atoms with E-state index in [1.165, 1.54) is 0 Å². The minimum Gasteiger partial charge on any atom is -0.497 e. The van der Waals surface area contributed by atoms with Crippen molar-refractivity contribution in [3.8, 4) is 23.1 Å². The highest BCUT2D eigenvalue weighted by atomic mass is 16.5. The Morgan fingerprint density at radius 1 is 1.12 bits per heavy atom. The zero-order valence-electron chi connectivity index (χ0n) is 13.1. The lowest BCUT2D eigenvalue weighted by atomic mass is 10.1. The summed E-state index contributed by atoms with van der Waals surface area (Å²) in [5.41, 5.74) is 2.70. The second kappa shape index (κ2) is 7.16. The van der Waals surface area contributed by atoms with E-state index < -0.39 is 0 Å². The van der Waals surface area contributed by atoms with Crippen molar-refractivity contribution in [1.82, 2.24) is 5.16 Å². The number of hydrogen-bond donors (Lipinski definition) is 1. The minimum atomic E-state index is 0.411. The lowest BCUT2D eigenvalue weighted by Crippen LogP contribution is -1.88. The summed E-state index contributed by atoms with van der Waals surface area (Å²) in [4.78, 5) is 0. The summed E-state index contributed by atoms with van der Waals surface area (Å²) in [6.07, 6.45) is 3.39. The summed E-state index contributed by atoms with van der Waals surface area (Å²) in [7, 11) is 1.62. The van der Waals surface area contributed by atoms with Crippen LogP contribution < -0.4 is 10.1 Å². The molecule has 3 rings (SSSR count). The van der Waals surface area contributed by atoms with Gasteiger partial charge in [0.05, 0.1) is 7.11 Å². The Balaban J connectivity index is 1.78. The van der Waals surface area contributed by atoms with Crippen molar-refractivity contribution in [3.63, 3.8) is 0 Å². The number of rotatable bonds is 5. The van der Waals surface area contributed by atoms with Crippen LogP contribution in [0.5, 0.6) is 5.75 Å². The van der Waals surface area contributed by atoms with Gasteiger partial charge in [0.1, 0.15) is 23.1 Å². The van der Waals surface area contributed by atoms with Gasteiger partial charge in [0.15, 0.2) is 5.76 Å². The summed E-state index contributed by atoms with van der Waals surface area (Å²) in [6.45, 7) is 0. The van der Waals surface area contributed by atoms with Gasteiger partial charge in [0, 0.05) is 23.5 Å². The van der Waals surface area contributed by atoms with E-state index in [-0.39, 0.29) is 0 Å². The van der Waals surface area contributed by atoms with Crippen LogP contribution in [0.2, 0.25) is 0 Å². The van der Waals surface area contributed by atoms with Gasteiger partial charge in [-0.3, -0.25) is 0 Å². The van der Waals surface area contributed by atoms with E-state index in [9.17, 15) is 5.26 Å². The van der Waals surface area contributed by atoms with Crippen molar-refractivity contribution in [2.75, 3.05) is 12.4 Å². The number of nitriles is 1. The molecule has 0 fully saturated rings. The zero-order valence-corrected chi connectivity index (χ0v) is 13.1. The van der Waals surface area contributed by atoms with E-state index in [1.807, 2.05) is 54.6 Å². The van der Waals surface area contributed by atoms with Crippen LogP contribution in [-0.2, 0) is 0 Å². The molecule has 3 aromatic rings. The number of nitrogens with one attached hydrogen (secondary N) is 1. The molecule has 0 atom stereocenters. The maximum absolute atomic E-state index is 9.41. The fourth-order valence-electron chi connectivity index (χ4n) is 2.22. The Morgan fingerprint density at radius 2 is 1.88 bits per heavy atom. The van der Waals surface area contributed by atoms with Crippen LogP contribution in [0, 0.1) is 11.3 Å². The van der Waals surface area contributed by atoms with Crippen molar-refractivity contribution < 1.29 is 9.26 Å². The number of benzene rings is 2. The van der Waals surface area contributed by atoms with E-state index >= 15 is 0 Å². The molecule has 0 saturated carbocycles. The van der Waals surface area contributed by atoms with Crippen LogP contribution in [0.25, 0.3) is 17.3 Å². The number of anilines is 1. The summed E-state index contributed by atoms with van der Waals surface area (Å²) in [5, 5.41) is 16.5. The first-order valence-electron chi connectivity index (χ1n) is 7.34. The molecule has 0 bridgehead atoms. The molecule has 0 aliphatic rings. The molecule has 1 heterocycles. The third-order valence-electron chi connectivity index (χ3n) is 3.45. The lowest BCUT2D eigenvalue weighted by molar-refractivity contribution is 0.414. The van der Waals surface area contributed by atoms with E-state index in [4.69, 9.17) is 9.26 Å². The van der Waals surface area contributed by atoms with Crippen molar-refractivity contribution >= 4 is 11.8 Å². The summed E-state index contributed by atoms with van der Waals surface area (Å²) in [5.74, 6) is 1.20. The molecule has 5 nitrogen and oxygen atoms in total. The Hall–Kier alpha value is -3.52. The lowest BCUT2D eigenvalue weighted by Gasteiger charge is -2.02.